The Labute approximate surface area is 237 Å². The van der Waals surface area contributed by atoms with Gasteiger partial charge in [-0.15, -0.1) is 5.11 Å². The molecule has 1 unspecified atom stereocenters. The zero-order valence-electron chi connectivity index (χ0n) is 20.9. The summed E-state index contributed by atoms with van der Waals surface area (Å²) in [4.78, 5) is 12.5. The Bertz CT molecular complexity index is 1650. The molecule has 0 amide bonds. The van der Waals surface area contributed by atoms with Gasteiger partial charge in [-0.3, -0.25) is 8.74 Å². The first-order valence-corrected chi connectivity index (χ1v) is 14.5. The maximum Gasteiger partial charge on any atom is 0.301 e. The molecule has 1 atom stereocenters. The standard InChI is InChI=1S/C24H23ClN8O5S2/c1-15-2-4-16(5-3-15)27-23-29-22(25)30-24(31-23)28-18-8-11-21(20(26)14-18)33-32-17-6-9-19(10-7-17)40(36,37)13-12-38-39(34)35/h2-11,14H,12-13,26H2,1H3,(H,34,35)(H2,27,28,29,30,31)/b33-32+. The van der Waals surface area contributed by atoms with E-state index in [2.05, 4.69) is 40.0 Å². The van der Waals surface area contributed by atoms with E-state index in [0.29, 0.717) is 22.7 Å². The fourth-order valence-corrected chi connectivity index (χ4v) is 4.83. The van der Waals surface area contributed by atoms with E-state index < -0.39 is 33.6 Å². The van der Waals surface area contributed by atoms with E-state index >= 15 is 0 Å². The summed E-state index contributed by atoms with van der Waals surface area (Å²) in [7, 11) is -3.70. The molecule has 13 nitrogen and oxygen atoms in total. The number of sulfone groups is 1. The minimum Gasteiger partial charge on any atom is -0.397 e. The number of rotatable bonds is 11. The molecular formula is C24H23ClN8O5S2. The molecule has 4 rings (SSSR count). The van der Waals surface area contributed by atoms with Crippen molar-refractivity contribution in [3.63, 3.8) is 0 Å². The van der Waals surface area contributed by atoms with Crippen molar-refractivity contribution in [2.75, 3.05) is 28.7 Å². The van der Waals surface area contributed by atoms with E-state index in [1.807, 2.05) is 31.2 Å². The second kappa shape index (κ2) is 12.9. The van der Waals surface area contributed by atoms with E-state index in [-0.39, 0.29) is 22.1 Å². The number of aromatic nitrogens is 3. The van der Waals surface area contributed by atoms with Crippen LogP contribution < -0.4 is 16.4 Å². The summed E-state index contributed by atoms with van der Waals surface area (Å²) in [5.74, 6) is 0.0198. The highest BCUT2D eigenvalue weighted by atomic mass is 35.5. The normalized spacial score (nSPS) is 12.4. The fraction of sp³-hybridized carbons (Fsp3) is 0.125. The molecule has 0 spiro atoms. The Balaban J connectivity index is 1.41. The molecule has 0 saturated carbocycles. The highest BCUT2D eigenvalue weighted by Crippen LogP contribution is 2.29. The third-order valence-electron chi connectivity index (χ3n) is 5.20. The Hall–Kier alpha value is -4.02. The third-order valence-corrected chi connectivity index (χ3v) is 7.44. The van der Waals surface area contributed by atoms with Crippen molar-refractivity contribution >= 4 is 73.1 Å². The SMILES string of the molecule is Cc1ccc(Nc2nc(Cl)nc(Nc3ccc(/N=N/c4ccc(S(=O)(=O)CCOS(=O)O)cc4)c(N)c3)n2)cc1. The summed E-state index contributed by atoms with van der Waals surface area (Å²) < 4.78 is 48.0. The van der Waals surface area contributed by atoms with Crippen molar-refractivity contribution in [3.05, 3.63) is 77.6 Å². The van der Waals surface area contributed by atoms with E-state index in [1.165, 1.54) is 24.3 Å². The number of nitrogen functional groups attached to an aromatic ring is 1. The highest BCUT2D eigenvalue weighted by Gasteiger charge is 2.15. The average Bonchev–Trinajstić information content (AvgIpc) is 2.89. The maximum atomic E-state index is 12.3. The Kier molecular flexibility index (Phi) is 9.34. The Morgan fingerprint density at radius 1 is 0.950 bits per heavy atom. The van der Waals surface area contributed by atoms with Crippen LogP contribution in [0.4, 0.5) is 40.3 Å². The molecule has 208 valence electrons. The molecule has 5 N–H and O–H groups in total. The summed E-state index contributed by atoms with van der Waals surface area (Å²) in [6, 6.07) is 18.3. The molecular weight excluding hydrogens is 580 g/mol. The van der Waals surface area contributed by atoms with E-state index in [0.717, 1.165) is 11.3 Å². The van der Waals surface area contributed by atoms with Crippen molar-refractivity contribution < 1.29 is 21.4 Å². The van der Waals surface area contributed by atoms with Gasteiger partial charge in [0.1, 0.15) is 5.69 Å². The number of halogens is 1. The lowest BCUT2D eigenvalue weighted by molar-refractivity contribution is 0.326. The molecule has 1 heterocycles. The lowest BCUT2D eigenvalue weighted by Crippen LogP contribution is -2.13. The predicted octanol–water partition coefficient (Wildman–Crippen LogP) is 5.25. The first-order chi connectivity index (χ1) is 19.1. The van der Waals surface area contributed by atoms with Gasteiger partial charge in [0.05, 0.1) is 28.6 Å². The first-order valence-electron chi connectivity index (χ1n) is 11.5. The van der Waals surface area contributed by atoms with E-state index in [4.69, 9.17) is 21.9 Å². The summed E-state index contributed by atoms with van der Waals surface area (Å²) >= 11 is 3.55. The monoisotopic (exact) mass is 602 g/mol. The predicted molar refractivity (Wildman–Crippen MR) is 153 cm³/mol. The number of aryl methyl sites for hydroxylation is 1. The summed E-state index contributed by atoms with van der Waals surface area (Å²) in [6.45, 7) is 1.58. The van der Waals surface area contributed by atoms with E-state index in [1.54, 1.807) is 18.2 Å². The van der Waals surface area contributed by atoms with Crippen LogP contribution >= 0.6 is 11.6 Å². The maximum absolute atomic E-state index is 12.3. The van der Waals surface area contributed by atoms with Gasteiger partial charge >= 0.3 is 11.4 Å². The average molecular weight is 603 g/mol. The quantitative estimate of drug-likeness (QED) is 0.0994. The second-order valence-corrected chi connectivity index (χ2v) is 11.3. The van der Waals surface area contributed by atoms with Crippen molar-refractivity contribution in [2.45, 2.75) is 11.8 Å². The van der Waals surface area contributed by atoms with Gasteiger partial charge in [-0.05, 0) is 73.1 Å². The van der Waals surface area contributed by atoms with Crippen LogP contribution in [0.25, 0.3) is 0 Å². The third kappa shape index (κ3) is 8.24. The number of hydrogen-bond donors (Lipinski definition) is 4. The van der Waals surface area contributed by atoms with E-state index in [9.17, 15) is 12.6 Å². The lowest BCUT2D eigenvalue weighted by atomic mass is 10.2. The fourth-order valence-electron chi connectivity index (χ4n) is 3.24. The van der Waals surface area contributed by atoms with Gasteiger partial charge in [-0.2, -0.15) is 24.3 Å². The first kappa shape index (κ1) is 29.0. The molecule has 0 bridgehead atoms. The van der Waals surface area contributed by atoms with Gasteiger partial charge in [-0.25, -0.2) is 8.42 Å². The minimum atomic E-state index is -3.70. The summed E-state index contributed by atoms with van der Waals surface area (Å²) in [6.07, 6.45) is 0. The molecule has 40 heavy (non-hydrogen) atoms. The number of nitrogens with two attached hydrogens (primary N) is 1. The Morgan fingerprint density at radius 2 is 1.57 bits per heavy atom. The Morgan fingerprint density at radius 3 is 2.20 bits per heavy atom. The molecule has 1 aromatic heterocycles. The molecule has 0 saturated heterocycles. The van der Waals surface area contributed by atoms with Gasteiger partial charge in [0.15, 0.2) is 9.84 Å². The van der Waals surface area contributed by atoms with Crippen molar-refractivity contribution in [2.24, 2.45) is 10.2 Å². The van der Waals surface area contributed by atoms with Crippen LogP contribution in [0.3, 0.4) is 0 Å². The van der Waals surface area contributed by atoms with Gasteiger partial charge in [-0.1, -0.05) is 17.7 Å². The van der Waals surface area contributed by atoms with Gasteiger partial charge in [0.2, 0.25) is 17.2 Å². The molecule has 0 radical (unpaired) electrons. The minimum absolute atomic E-state index is 0.000698. The second-order valence-electron chi connectivity index (χ2n) is 8.19. The van der Waals surface area contributed by atoms with Gasteiger partial charge in [0.25, 0.3) is 0 Å². The lowest BCUT2D eigenvalue weighted by Gasteiger charge is -2.09. The number of anilines is 5. The summed E-state index contributed by atoms with van der Waals surface area (Å²) in [5, 5.41) is 14.3. The number of nitrogens with zero attached hydrogens (tertiary/aromatic N) is 5. The smallest absolute Gasteiger partial charge is 0.301 e. The van der Waals surface area contributed by atoms with Crippen LogP contribution in [-0.4, -0.2) is 44.5 Å². The highest BCUT2D eigenvalue weighted by molar-refractivity contribution is 7.91. The van der Waals surface area contributed by atoms with Crippen LogP contribution in [0.1, 0.15) is 5.56 Å². The molecule has 0 aliphatic carbocycles. The molecule has 0 aliphatic rings. The van der Waals surface area contributed by atoms with Crippen LogP contribution in [0.15, 0.2) is 81.9 Å². The number of hydrogen-bond acceptors (Lipinski definition) is 12. The molecule has 0 fully saturated rings. The van der Waals surface area contributed by atoms with Crippen LogP contribution in [0, 0.1) is 6.92 Å². The van der Waals surface area contributed by atoms with Gasteiger partial charge < -0.3 is 16.4 Å². The van der Waals surface area contributed by atoms with Crippen molar-refractivity contribution in [1.82, 2.24) is 15.0 Å². The topological polar surface area (TPSA) is 194 Å². The zero-order valence-corrected chi connectivity index (χ0v) is 23.2. The number of nitrogens with one attached hydrogen (secondary N) is 2. The van der Waals surface area contributed by atoms with Gasteiger partial charge in [0, 0.05) is 11.4 Å². The molecule has 16 heteroatoms. The van der Waals surface area contributed by atoms with Crippen LogP contribution in [0.5, 0.6) is 0 Å². The molecule has 0 aliphatic heterocycles. The van der Waals surface area contributed by atoms with Crippen molar-refractivity contribution in [3.8, 4) is 0 Å². The van der Waals surface area contributed by atoms with Crippen LogP contribution in [0.2, 0.25) is 5.28 Å². The zero-order chi connectivity index (χ0) is 28.7. The summed E-state index contributed by atoms with van der Waals surface area (Å²) in [5.41, 5.74) is 9.71. The van der Waals surface area contributed by atoms with Crippen LogP contribution in [-0.2, 0) is 25.4 Å². The molecule has 3 aromatic carbocycles. The number of azo groups is 1. The number of benzene rings is 3. The van der Waals surface area contributed by atoms with Crippen molar-refractivity contribution in [1.29, 1.82) is 0 Å². The molecule has 4 aromatic rings. The largest absolute Gasteiger partial charge is 0.397 e.